The fourth-order valence-corrected chi connectivity index (χ4v) is 4.88. The van der Waals surface area contributed by atoms with Crippen LogP contribution in [0.25, 0.3) is 0 Å². The molecule has 162 valence electrons. The Morgan fingerprint density at radius 1 is 1.03 bits per heavy atom. The van der Waals surface area contributed by atoms with E-state index in [9.17, 15) is 4.79 Å². The van der Waals surface area contributed by atoms with E-state index < -0.39 is 0 Å². The van der Waals surface area contributed by atoms with E-state index in [-0.39, 0.29) is 11.9 Å². The molecule has 1 amide bonds. The number of nitrogens with zero attached hydrogens (tertiary/aromatic N) is 3. The highest BCUT2D eigenvalue weighted by Gasteiger charge is 2.34. The summed E-state index contributed by atoms with van der Waals surface area (Å²) in [6.07, 6.45) is 1.36. The molecule has 1 unspecified atom stereocenters. The number of anilines is 2. The first-order valence-corrected chi connectivity index (χ1v) is 11.8. The zero-order chi connectivity index (χ0) is 22.2. The molecule has 0 spiro atoms. The molecular weight excluding hydrogens is 511 g/mol. The second-order valence-corrected chi connectivity index (χ2v) is 9.49. The molecule has 0 saturated heterocycles. The van der Waals surface area contributed by atoms with Crippen LogP contribution in [0.5, 0.6) is 0 Å². The van der Waals surface area contributed by atoms with Gasteiger partial charge in [0.1, 0.15) is 5.71 Å². The molecule has 32 heavy (non-hydrogen) atoms. The van der Waals surface area contributed by atoms with Gasteiger partial charge in [0.25, 0.3) is 5.91 Å². The van der Waals surface area contributed by atoms with Crippen LogP contribution in [0, 0.1) is 0 Å². The molecule has 5 rings (SSSR count). The third-order valence-corrected chi connectivity index (χ3v) is 6.77. The molecule has 0 radical (unpaired) electrons. The predicted octanol–water partition coefficient (Wildman–Crippen LogP) is 6.16. The van der Waals surface area contributed by atoms with E-state index in [1.54, 1.807) is 12.1 Å². The van der Waals surface area contributed by atoms with E-state index in [4.69, 9.17) is 28.3 Å². The number of hydrogen-bond donors (Lipinski definition) is 1. The van der Waals surface area contributed by atoms with Crippen LogP contribution >= 0.6 is 39.1 Å². The third kappa shape index (κ3) is 4.10. The first kappa shape index (κ1) is 21.3. The van der Waals surface area contributed by atoms with Crippen molar-refractivity contribution in [2.24, 2.45) is 5.10 Å². The molecule has 3 aromatic carbocycles. The number of hydrogen-bond acceptors (Lipinski definition) is 4. The summed E-state index contributed by atoms with van der Waals surface area (Å²) in [5.41, 5.74) is 7.48. The van der Waals surface area contributed by atoms with E-state index in [1.807, 2.05) is 58.5 Å². The van der Waals surface area contributed by atoms with Gasteiger partial charge in [0.05, 0.1) is 22.4 Å². The van der Waals surface area contributed by atoms with Crippen molar-refractivity contribution in [3.8, 4) is 0 Å². The van der Waals surface area contributed by atoms with Crippen LogP contribution in [0.2, 0.25) is 10.0 Å². The topological polar surface area (TPSA) is 47.9 Å². The molecule has 5 nitrogen and oxygen atoms in total. The van der Waals surface area contributed by atoms with E-state index >= 15 is 0 Å². The molecule has 0 aromatic heterocycles. The normalized spacial score (nSPS) is 17.3. The van der Waals surface area contributed by atoms with Crippen LogP contribution in [0.3, 0.4) is 0 Å². The van der Waals surface area contributed by atoms with Gasteiger partial charge in [-0.2, -0.15) is 5.10 Å². The number of hydrazine groups is 1. The van der Waals surface area contributed by atoms with Gasteiger partial charge in [0, 0.05) is 22.5 Å². The molecule has 0 saturated carbocycles. The van der Waals surface area contributed by atoms with Gasteiger partial charge < -0.3 is 0 Å². The lowest BCUT2D eigenvalue weighted by Crippen LogP contribution is -2.44. The van der Waals surface area contributed by atoms with Gasteiger partial charge >= 0.3 is 0 Å². The Balaban J connectivity index is 1.44. The van der Waals surface area contributed by atoms with Gasteiger partial charge in [-0.25, -0.2) is 0 Å². The lowest BCUT2D eigenvalue weighted by Gasteiger charge is -2.25. The molecule has 8 heteroatoms. The largest absolute Gasteiger partial charge is 0.286 e. The number of para-hydroxylation sites is 1. The van der Waals surface area contributed by atoms with E-state index in [2.05, 4.69) is 27.4 Å². The number of rotatable bonds is 4. The standard InChI is InChI=1S/C24H19BrCl2N4O/c25-17-7-5-16(6-8-17)23-14-20(28-31(23)22-10-9-18(26)13-19(22)27)24(32)29-30-12-11-15-3-1-2-4-21(15)30/h1-10,13,23H,11-12,14H2,(H,29,32). The highest BCUT2D eigenvalue weighted by atomic mass is 79.9. The average Bonchev–Trinajstić information content (AvgIpc) is 3.39. The minimum atomic E-state index is -0.212. The molecule has 2 aliphatic heterocycles. The summed E-state index contributed by atoms with van der Waals surface area (Å²) in [6.45, 7) is 0.737. The Labute approximate surface area is 204 Å². The van der Waals surface area contributed by atoms with Crippen molar-refractivity contribution >= 4 is 62.1 Å². The van der Waals surface area contributed by atoms with Crippen molar-refractivity contribution in [1.82, 2.24) is 5.43 Å². The predicted molar refractivity (Wildman–Crippen MR) is 134 cm³/mol. The summed E-state index contributed by atoms with van der Waals surface area (Å²) >= 11 is 16.1. The number of carbonyl (C=O) groups excluding carboxylic acids is 1. The van der Waals surface area contributed by atoms with Crippen molar-refractivity contribution in [2.45, 2.75) is 18.9 Å². The number of amides is 1. The van der Waals surface area contributed by atoms with Crippen molar-refractivity contribution in [2.75, 3.05) is 16.6 Å². The molecule has 1 atom stereocenters. The number of benzene rings is 3. The second kappa shape index (κ2) is 8.77. The Morgan fingerprint density at radius 3 is 2.59 bits per heavy atom. The Hall–Kier alpha value is -2.54. The molecule has 2 heterocycles. The smallest absolute Gasteiger partial charge is 0.285 e. The SMILES string of the molecule is O=C(NN1CCc2ccccc21)C1=NN(c2ccc(Cl)cc2Cl)C(c2ccc(Br)cc2)C1. The van der Waals surface area contributed by atoms with Gasteiger partial charge in [-0.15, -0.1) is 0 Å². The Morgan fingerprint density at radius 2 is 1.81 bits per heavy atom. The fourth-order valence-electron chi connectivity index (χ4n) is 4.12. The quantitative estimate of drug-likeness (QED) is 0.440. The summed E-state index contributed by atoms with van der Waals surface area (Å²) in [6, 6.07) is 21.2. The number of carbonyl (C=O) groups is 1. The van der Waals surface area contributed by atoms with Crippen LogP contribution in [0.4, 0.5) is 11.4 Å². The van der Waals surface area contributed by atoms with Gasteiger partial charge in [0.15, 0.2) is 0 Å². The maximum atomic E-state index is 13.2. The molecular formula is C24H19BrCl2N4O. The highest BCUT2D eigenvalue weighted by Crippen LogP contribution is 2.40. The van der Waals surface area contributed by atoms with Crippen LogP contribution in [0.1, 0.15) is 23.6 Å². The van der Waals surface area contributed by atoms with Crippen molar-refractivity contribution in [3.05, 3.63) is 92.4 Å². The number of fused-ring (bicyclic) bond motifs is 1. The van der Waals surface area contributed by atoms with Crippen molar-refractivity contribution in [1.29, 1.82) is 0 Å². The number of nitrogens with one attached hydrogen (secondary N) is 1. The number of halogens is 3. The molecule has 2 aliphatic rings. The monoisotopic (exact) mass is 528 g/mol. The zero-order valence-corrected chi connectivity index (χ0v) is 20.0. The fraction of sp³-hybridized carbons (Fsp3) is 0.167. The van der Waals surface area contributed by atoms with E-state index in [1.165, 1.54) is 5.56 Å². The third-order valence-electron chi connectivity index (χ3n) is 5.71. The first-order valence-electron chi connectivity index (χ1n) is 10.2. The summed E-state index contributed by atoms with van der Waals surface area (Å²) in [4.78, 5) is 13.2. The molecule has 3 aromatic rings. The Kier molecular flexibility index (Phi) is 5.84. The lowest BCUT2D eigenvalue weighted by molar-refractivity contribution is -0.115. The maximum absolute atomic E-state index is 13.2. The number of hydrazone groups is 1. The second-order valence-electron chi connectivity index (χ2n) is 7.73. The van der Waals surface area contributed by atoms with Crippen LogP contribution in [-0.2, 0) is 11.2 Å². The van der Waals surface area contributed by atoms with Crippen LogP contribution in [-0.4, -0.2) is 18.2 Å². The Bertz CT molecular complexity index is 1210. The minimum absolute atomic E-state index is 0.159. The molecule has 0 bridgehead atoms. The molecule has 1 N–H and O–H groups in total. The average molecular weight is 530 g/mol. The molecule has 0 fully saturated rings. The van der Waals surface area contributed by atoms with Crippen LogP contribution in [0.15, 0.2) is 76.3 Å². The highest BCUT2D eigenvalue weighted by molar-refractivity contribution is 9.10. The van der Waals surface area contributed by atoms with E-state index in [0.717, 1.165) is 28.7 Å². The maximum Gasteiger partial charge on any atom is 0.286 e. The summed E-state index contributed by atoms with van der Waals surface area (Å²) < 4.78 is 0.988. The lowest BCUT2D eigenvalue weighted by atomic mass is 10.0. The molecule has 0 aliphatic carbocycles. The summed E-state index contributed by atoms with van der Waals surface area (Å²) in [7, 11) is 0. The van der Waals surface area contributed by atoms with Gasteiger partial charge in [-0.1, -0.05) is 69.5 Å². The minimum Gasteiger partial charge on any atom is -0.285 e. The van der Waals surface area contributed by atoms with Gasteiger partial charge in [0.2, 0.25) is 0 Å². The van der Waals surface area contributed by atoms with Crippen molar-refractivity contribution < 1.29 is 4.79 Å². The first-order chi connectivity index (χ1) is 15.5. The zero-order valence-electron chi connectivity index (χ0n) is 16.9. The van der Waals surface area contributed by atoms with Crippen molar-refractivity contribution in [3.63, 3.8) is 0 Å². The van der Waals surface area contributed by atoms with Gasteiger partial charge in [-0.3, -0.25) is 20.2 Å². The van der Waals surface area contributed by atoms with Crippen LogP contribution < -0.4 is 15.4 Å². The van der Waals surface area contributed by atoms with Gasteiger partial charge in [-0.05, 0) is 53.9 Å². The summed E-state index contributed by atoms with van der Waals surface area (Å²) in [5.74, 6) is -0.212. The summed E-state index contributed by atoms with van der Waals surface area (Å²) in [5, 5.41) is 9.44. The van der Waals surface area contributed by atoms with E-state index in [0.29, 0.717) is 27.9 Å².